The van der Waals surface area contributed by atoms with E-state index in [0.717, 1.165) is 39.4 Å². The molecule has 35 heavy (non-hydrogen) atoms. The molecule has 0 aliphatic heterocycles. The Morgan fingerprint density at radius 3 is 2.69 bits per heavy atom. The lowest BCUT2D eigenvalue weighted by molar-refractivity contribution is 0.0951. The third-order valence-electron chi connectivity index (χ3n) is 5.82. The van der Waals surface area contributed by atoms with Crippen LogP contribution in [-0.2, 0) is 19.6 Å². The second-order valence-corrected chi connectivity index (χ2v) is 9.85. The van der Waals surface area contributed by atoms with Gasteiger partial charge >= 0.3 is 0 Å². The number of hydrogen-bond acceptors (Lipinski definition) is 6. The maximum Gasteiger partial charge on any atom is 0.254 e. The summed E-state index contributed by atoms with van der Waals surface area (Å²) in [6.07, 6.45) is 7.00. The summed E-state index contributed by atoms with van der Waals surface area (Å²) in [4.78, 5) is 26.8. The van der Waals surface area contributed by atoms with Gasteiger partial charge in [0.05, 0.1) is 29.0 Å². The van der Waals surface area contributed by atoms with E-state index in [1.807, 2.05) is 25.3 Å². The number of hydrogen-bond donors (Lipinski definition) is 2. The summed E-state index contributed by atoms with van der Waals surface area (Å²) in [5.74, 6) is -0.155. The van der Waals surface area contributed by atoms with E-state index in [0.29, 0.717) is 18.7 Å². The molecule has 5 aromatic rings. The second-order valence-electron chi connectivity index (χ2n) is 8.66. The topological polar surface area (TPSA) is 91.7 Å². The lowest BCUT2D eigenvalue weighted by Gasteiger charge is -2.18. The van der Waals surface area contributed by atoms with E-state index >= 15 is 0 Å². The summed E-state index contributed by atoms with van der Waals surface area (Å²) in [7, 11) is 2.10. The molecular formula is C26H27N7OS. The number of rotatable bonds is 8. The minimum atomic E-state index is -0.155. The normalized spacial score (nSPS) is 11.2. The van der Waals surface area contributed by atoms with Crippen LogP contribution in [0.2, 0.25) is 0 Å². The molecule has 0 unspecified atom stereocenters. The van der Waals surface area contributed by atoms with Crippen LogP contribution in [0.3, 0.4) is 0 Å². The zero-order valence-corrected chi connectivity index (χ0v) is 20.8. The van der Waals surface area contributed by atoms with Crippen LogP contribution in [0.1, 0.15) is 37.7 Å². The number of pyridine rings is 1. The van der Waals surface area contributed by atoms with E-state index in [4.69, 9.17) is 0 Å². The number of aromatic amines is 1. The van der Waals surface area contributed by atoms with Crippen LogP contribution >= 0.6 is 11.3 Å². The maximum absolute atomic E-state index is 12.6. The van der Waals surface area contributed by atoms with Gasteiger partial charge in [0.1, 0.15) is 10.6 Å². The highest BCUT2D eigenvalue weighted by molar-refractivity contribution is 7.15. The third kappa shape index (κ3) is 5.25. The Morgan fingerprint density at radius 2 is 1.91 bits per heavy atom. The maximum atomic E-state index is 12.6. The van der Waals surface area contributed by atoms with Crippen molar-refractivity contribution in [3.8, 4) is 0 Å². The number of nitrogens with one attached hydrogen (secondary N) is 2. The van der Waals surface area contributed by atoms with Gasteiger partial charge in [-0.3, -0.25) is 9.48 Å². The molecule has 0 atom stereocenters. The minimum Gasteiger partial charge on any atom is -0.361 e. The van der Waals surface area contributed by atoms with Gasteiger partial charge in [-0.25, -0.2) is 9.97 Å². The zero-order valence-electron chi connectivity index (χ0n) is 19.9. The molecule has 4 heterocycles. The molecule has 0 bridgehead atoms. The molecule has 0 aliphatic rings. The number of fused-ring (bicyclic) bond motifs is 1. The average Bonchev–Trinajstić information content (AvgIpc) is 3.58. The summed E-state index contributed by atoms with van der Waals surface area (Å²) < 4.78 is 1.78. The lowest BCUT2D eigenvalue weighted by atomic mass is 10.1. The van der Waals surface area contributed by atoms with Crippen LogP contribution in [0.5, 0.6) is 0 Å². The smallest absolute Gasteiger partial charge is 0.254 e. The van der Waals surface area contributed by atoms with Gasteiger partial charge in [0.15, 0.2) is 0 Å². The predicted molar refractivity (Wildman–Crippen MR) is 139 cm³/mol. The quantitative estimate of drug-likeness (QED) is 0.339. The standard InChI is InChI=1S/C26H27N7OS/c1-17-26(35-18(2)31-17)32(3)14-19-4-6-20(7-5-19)15-33-16-23(13-30-33)25(34)29-12-21-10-22-8-9-27-24(22)28-11-21/h4-11,13,16H,12,14-15H2,1-3H3,(H,27,28)(H,29,34). The lowest BCUT2D eigenvalue weighted by Crippen LogP contribution is -2.22. The first-order valence-corrected chi connectivity index (χ1v) is 12.2. The number of anilines is 1. The molecule has 1 amide bonds. The first kappa shape index (κ1) is 22.8. The van der Waals surface area contributed by atoms with Gasteiger partial charge in [-0.2, -0.15) is 5.10 Å². The Morgan fingerprint density at radius 1 is 1.11 bits per heavy atom. The van der Waals surface area contributed by atoms with E-state index in [2.05, 4.69) is 68.5 Å². The van der Waals surface area contributed by atoms with Crippen molar-refractivity contribution in [2.24, 2.45) is 0 Å². The summed E-state index contributed by atoms with van der Waals surface area (Å²) in [5, 5.41) is 10.6. The van der Waals surface area contributed by atoms with E-state index in [9.17, 15) is 4.79 Å². The van der Waals surface area contributed by atoms with Gasteiger partial charge < -0.3 is 15.2 Å². The Bertz CT molecular complexity index is 1460. The van der Waals surface area contributed by atoms with Gasteiger partial charge in [0, 0.05) is 44.1 Å². The number of carbonyl (C=O) groups is 1. The van der Waals surface area contributed by atoms with Crippen LogP contribution in [0.15, 0.2) is 61.2 Å². The number of nitrogens with zero attached hydrogens (tertiary/aromatic N) is 5. The van der Waals surface area contributed by atoms with Crippen molar-refractivity contribution < 1.29 is 4.79 Å². The average molecular weight is 486 g/mol. The van der Waals surface area contributed by atoms with Crippen molar-refractivity contribution >= 4 is 33.3 Å². The molecule has 0 fully saturated rings. The molecule has 0 spiro atoms. The number of aromatic nitrogens is 5. The summed E-state index contributed by atoms with van der Waals surface area (Å²) in [6, 6.07) is 12.5. The SMILES string of the molecule is Cc1nc(C)c(N(C)Cc2ccc(Cn3cc(C(=O)NCc4cnc5[nH]ccc5c4)cn3)cc2)s1. The molecule has 0 radical (unpaired) electrons. The molecule has 8 nitrogen and oxygen atoms in total. The first-order chi connectivity index (χ1) is 16.9. The first-order valence-electron chi connectivity index (χ1n) is 11.4. The Kier molecular flexibility index (Phi) is 6.33. The molecule has 0 saturated carbocycles. The van der Waals surface area contributed by atoms with Crippen molar-refractivity contribution in [3.63, 3.8) is 0 Å². The van der Waals surface area contributed by atoms with Crippen LogP contribution in [0.4, 0.5) is 5.00 Å². The Labute approximate surface area is 207 Å². The zero-order chi connectivity index (χ0) is 24.4. The number of benzene rings is 1. The molecule has 178 valence electrons. The van der Waals surface area contributed by atoms with Gasteiger partial charge in [-0.05, 0) is 42.7 Å². The van der Waals surface area contributed by atoms with E-state index in [-0.39, 0.29) is 5.91 Å². The number of amides is 1. The van der Waals surface area contributed by atoms with Crippen LogP contribution in [0, 0.1) is 13.8 Å². The van der Waals surface area contributed by atoms with E-state index in [1.165, 1.54) is 10.6 Å². The van der Waals surface area contributed by atoms with Gasteiger partial charge in [-0.1, -0.05) is 24.3 Å². The number of thiazole rings is 1. The molecular weight excluding hydrogens is 458 g/mol. The summed E-state index contributed by atoms with van der Waals surface area (Å²) in [6.45, 7) is 5.92. The Balaban J connectivity index is 1.16. The predicted octanol–water partition coefficient (Wildman–Crippen LogP) is 4.45. The second kappa shape index (κ2) is 9.71. The summed E-state index contributed by atoms with van der Waals surface area (Å²) in [5.41, 5.74) is 5.75. The molecule has 5 rings (SSSR count). The van der Waals surface area contributed by atoms with Crippen molar-refractivity contribution in [3.05, 3.63) is 94.1 Å². The highest BCUT2D eigenvalue weighted by Gasteiger charge is 2.11. The fourth-order valence-corrected chi connectivity index (χ4v) is 4.97. The van der Waals surface area contributed by atoms with Crippen molar-refractivity contribution in [1.29, 1.82) is 0 Å². The fraction of sp³-hybridized carbons (Fsp3) is 0.231. The highest BCUT2D eigenvalue weighted by Crippen LogP contribution is 2.27. The number of H-pyrrole nitrogens is 1. The fourth-order valence-electron chi connectivity index (χ4n) is 4.09. The third-order valence-corrected chi connectivity index (χ3v) is 7.01. The van der Waals surface area contributed by atoms with Crippen molar-refractivity contribution in [2.45, 2.75) is 33.5 Å². The number of aryl methyl sites for hydroxylation is 2. The molecule has 1 aromatic carbocycles. The van der Waals surface area contributed by atoms with Gasteiger partial charge in [0.2, 0.25) is 0 Å². The van der Waals surface area contributed by atoms with Gasteiger partial charge in [0.25, 0.3) is 5.91 Å². The van der Waals surface area contributed by atoms with Crippen LogP contribution in [0.25, 0.3) is 11.0 Å². The molecule has 9 heteroatoms. The van der Waals surface area contributed by atoms with Crippen LogP contribution < -0.4 is 10.2 Å². The largest absolute Gasteiger partial charge is 0.361 e. The molecule has 0 aliphatic carbocycles. The summed E-state index contributed by atoms with van der Waals surface area (Å²) >= 11 is 1.72. The minimum absolute atomic E-state index is 0.155. The molecule has 2 N–H and O–H groups in total. The van der Waals surface area contributed by atoms with Gasteiger partial charge in [-0.15, -0.1) is 11.3 Å². The monoisotopic (exact) mass is 485 g/mol. The van der Waals surface area contributed by atoms with Crippen molar-refractivity contribution in [2.75, 3.05) is 11.9 Å². The van der Waals surface area contributed by atoms with Crippen molar-refractivity contribution in [1.82, 2.24) is 30.0 Å². The van der Waals surface area contributed by atoms with E-state index < -0.39 is 0 Å². The van der Waals surface area contributed by atoms with Crippen LogP contribution in [-0.4, -0.2) is 37.7 Å². The molecule has 4 aromatic heterocycles. The molecule has 0 saturated heterocycles. The number of carbonyl (C=O) groups excluding carboxylic acids is 1. The van der Waals surface area contributed by atoms with E-state index in [1.54, 1.807) is 34.6 Å². The highest BCUT2D eigenvalue weighted by atomic mass is 32.1. The Hall–Kier alpha value is -3.98.